The molecule has 1 saturated heterocycles. The van der Waals surface area contributed by atoms with Gasteiger partial charge in [0.2, 0.25) is 12.4 Å². The second-order valence-corrected chi connectivity index (χ2v) is 10.3. The number of esters is 3. The van der Waals surface area contributed by atoms with Crippen LogP contribution in [-0.2, 0) is 18.9 Å². The van der Waals surface area contributed by atoms with E-state index >= 15 is 0 Å². The van der Waals surface area contributed by atoms with Gasteiger partial charge in [-0.2, -0.15) is 0 Å². The minimum atomic E-state index is -1.45. The molecule has 45 heavy (non-hydrogen) atoms. The Morgan fingerprint density at radius 1 is 0.778 bits per heavy atom. The Bertz CT molecular complexity index is 1650. The number of non-ortho nitro benzene ring substituents is 1. The van der Waals surface area contributed by atoms with Crippen LogP contribution < -0.4 is 4.74 Å². The third-order valence-corrected chi connectivity index (χ3v) is 7.05. The molecule has 0 spiro atoms. The van der Waals surface area contributed by atoms with Crippen LogP contribution in [0.1, 0.15) is 37.5 Å². The van der Waals surface area contributed by atoms with Gasteiger partial charge in [0.25, 0.3) is 5.69 Å². The molecule has 4 atom stereocenters. The zero-order valence-electron chi connectivity index (χ0n) is 23.5. The first-order chi connectivity index (χ1) is 21.8. The molecule has 0 saturated carbocycles. The van der Waals surface area contributed by atoms with E-state index in [2.05, 4.69) is 0 Å². The summed E-state index contributed by atoms with van der Waals surface area (Å²) in [7, 11) is 0. The van der Waals surface area contributed by atoms with Gasteiger partial charge in [0.15, 0.2) is 0 Å². The Labute approximate surface area is 262 Å². The number of hydrogen-bond acceptors (Lipinski definition) is 10. The average Bonchev–Trinajstić information content (AvgIpc) is 3.06. The molecule has 1 heterocycles. The zero-order chi connectivity index (χ0) is 31.8. The van der Waals surface area contributed by atoms with Gasteiger partial charge in [0.05, 0.1) is 32.7 Å². The Hall–Kier alpha value is -5.26. The fraction of sp³-hybridized carbons (Fsp3) is 0.182. The minimum Gasteiger partial charge on any atom is -0.459 e. The molecule has 0 amide bonds. The fourth-order valence-electron chi connectivity index (χ4n) is 4.54. The summed E-state index contributed by atoms with van der Waals surface area (Å²) in [6, 6.07) is 28.2. The number of hydrogen-bond donors (Lipinski definition) is 0. The van der Waals surface area contributed by atoms with E-state index in [0.29, 0.717) is 5.56 Å². The van der Waals surface area contributed by atoms with E-state index < -0.39 is 47.4 Å². The summed E-state index contributed by atoms with van der Waals surface area (Å²) in [6.07, 6.45) is -4.85. The second-order valence-electron chi connectivity index (χ2n) is 9.86. The lowest BCUT2D eigenvalue weighted by atomic mass is 10.0. The molecule has 0 N–H and O–H groups in total. The van der Waals surface area contributed by atoms with E-state index in [-0.39, 0.29) is 40.6 Å². The lowest BCUT2D eigenvalue weighted by molar-refractivity contribution is -0.384. The highest BCUT2D eigenvalue weighted by Gasteiger charge is 2.46. The smallest absolute Gasteiger partial charge is 0.338 e. The van der Waals surface area contributed by atoms with Crippen molar-refractivity contribution in [2.24, 2.45) is 0 Å². The van der Waals surface area contributed by atoms with E-state index in [0.717, 1.165) is 6.07 Å². The molecule has 1 aliphatic rings. The maximum atomic E-state index is 13.2. The van der Waals surface area contributed by atoms with Crippen molar-refractivity contribution >= 4 is 35.2 Å². The minimum absolute atomic E-state index is 0.0249. The molecule has 5 rings (SSSR count). The highest BCUT2D eigenvalue weighted by Crippen LogP contribution is 2.34. The number of carbonyl (C=O) groups excluding carboxylic acids is 3. The summed E-state index contributed by atoms with van der Waals surface area (Å²) in [4.78, 5) is 49.7. The predicted molar refractivity (Wildman–Crippen MR) is 160 cm³/mol. The first-order valence-electron chi connectivity index (χ1n) is 13.8. The number of nitro benzene ring substituents is 1. The molecule has 0 aliphatic carbocycles. The van der Waals surface area contributed by atoms with Crippen molar-refractivity contribution in [2.75, 3.05) is 6.61 Å². The lowest BCUT2D eigenvalue weighted by Crippen LogP contribution is -2.55. The quantitative estimate of drug-likeness (QED) is 0.0879. The van der Waals surface area contributed by atoms with Crippen LogP contribution in [0.15, 0.2) is 109 Å². The van der Waals surface area contributed by atoms with Gasteiger partial charge in [-0.25, -0.2) is 14.4 Å². The van der Waals surface area contributed by atoms with E-state index in [4.69, 9.17) is 35.3 Å². The number of nitrogens with zero attached hydrogens (tertiary/aromatic N) is 1. The lowest BCUT2D eigenvalue weighted by Gasteiger charge is -2.40. The summed E-state index contributed by atoms with van der Waals surface area (Å²) in [5.74, 6) is -2.08. The first-order valence-corrected chi connectivity index (χ1v) is 14.2. The molecule has 4 aromatic rings. The van der Waals surface area contributed by atoms with Gasteiger partial charge in [-0.05, 0) is 42.5 Å². The molecule has 230 valence electrons. The van der Waals surface area contributed by atoms with Crippen LogP contribution >= 0.6 is 11.6 Å². The van der Waals surface area contributed by atoms with Crippen molar-refractivity contribution in [1.29, 1.82) is 0 Å². The topological polar surface area (TPSA) is 140 Å². The normalized spacial score (nSPS) is 19.1. The number of ether oxygens (including phenoxy) is 5. The number of halogens is 1. The molecule has 4 aromatic carbocycles. The molecular weight excluding hydrogens is 606 g/mol. The Morgan fingerprint density at radius 3 is 1.84 bits per heavy atom. The number of rotatable bonds is 10. The largest absolute Gasteiger partial charge is 0.459 e. The van der Waals surface area contributed by atoms with Crippen LogP contribution in [0, 0.1) is 10.1 Å². The van der Waals surface area contributed by atoms with E-state index in [1.165, 1.54) is 12.1 Å². The standard InChI is InChI=1S/C33H26ClNO10/c34-26-18-24(35(39)40)16-17-27(26)44-33-29(45-32(38)23-14-8-3-9-15-23)28(43-31(37)22-12-6-2-7-13-22)19-25(42-33)20-41-30(36)21-10-4-1-5-11-21/h1-18,25,28-29,33H,19-20H2/t25-,28-,29+,33+/m0/s1. The van der Waals surface area contributed by atoms with Gasteiger partial charge in [0, 0.05) is 18.6 Å². The van der Waals surface area contributed by atoms with E-state index in [9.17, 15) is 24.5 Å². The van der Waals surface area contributed by atoms with Crippen LogP contribution in [0.5, 0.6) is 5.75 Å². The molecule has 0 bridgehead atoms. The van der Waals surface area contributed by atoms with Crippen LogP contribution in [0.25, 0.3) is 0 Å². The van der Waals surface area contributed by atoms with Crippen molar-refractivity contribution in [3.63, 3.8) is 0 Å². The highest BCUT2D eigenvalue weighted by atomic mass is 35.5. The molecular formula is C33H26ClNO10. The molecule has 0 aromatic heterocycles. The number of carbonyl (C=O) groups is 3. The third-order valence-electron chi connectivity index (χ3n) is 6.76. The molecule has 0 radical (unpaired) electrons. The monoisotopic (exact) mass is 631 g/mol. The highest BCUT2D eigenvalue weighted by molar-refractivity contribution is 6.32. The van der Waals surface area contributed by atoms with E-state index in [1.54, 1.807) is 91.0 Å². The number of nitro groups is 1. The van der Waals surface area contributed by atoms with Crippen LogP contribution in [0.3, 0.4) is 0 Å². The predicted octanol–water partition coefficient (Wildman–Crippen LogP) is 6.05. The van der Waals surface area contributed by atoms with E-state index in [1.807, 2.05) is 0 Å². The van der Waals surface area contributed by atoms with Gasteiger partial charge in [0.1, 0.15) is 18.5 Å². The Balaban J connectivity index is 1.45. The third kappa shape index (κ3) is 8.02. The maximum absolute atomic E-state index is 13.2. The molecule has 12 heteroatoms. The molecule has 0 unspecified atom stereocenters. The van der Waals surface area contributed by atoms with Crippen molar-refractivity contribution in [3.8, 4) is 5.75 Å². The summed E-state index contributed by atoms with van der Waals surface area (Å²) in [6.45, 7) is -0.264. The summed E-state index contributed by atoms with van der Waals surface area (Å²) < 4.78 is 29.3. The van der Waals surface area contributed by atoms with Gasteiger partial charge in [-0.15, -0.1) is 0 Å². The summed E-state index contributed by atoms with van der Waals surface area (Å²) in [5.41, 5.74) is 0.515. The maximum Gasteiger partial charge on any atom is 0.338 e. The van der Waals surface area contributed by atoms with Crippen molar-refractivity contribution in [2.45, 2.75) is 31.0 Å². The first kappa shape index (κ1) is 31.2. The second kappa shape index (κ2) is 14.5. The van der Waals surface area contributed by atoms with Crippen molar-refractivity contribution < 1.29 is 43.0 Å². The SMILES string of the molecule is O=C(OC[C@@H]1C[C@H](OC(=O)c2ccccc2)[C@@H](OC(=O)c2ccccc2)[C@@H](Oc2ccc([N+](=O)[O-])cc2Cl)O1)c1ccccc1. The van der Waals surface area contributed by atoms with Crippen LogP contribution in [0.2, 0.25) is 5.02 Å². The molecule has 1 fully saturated rings. The van der Waals surface area contributed by atoms with Crippen molar-refractivity contribution in [3.05, 3.63) is 141 Å². The summed E-state index contributed by atoms with van der Waals surface area (Å²) in [5, 5.41) is 11.1. The molecule has 1 aliphatic heterocycles. The van der Waals surface area contributed by atoms with Crippen LogP contribution in [-0.4, -0.2) is 54.0 Å². The Kier molecular flexibility index (Phi) is 10.0. The molecule has 11 nitrogen and oxygen atoms in total. The van der Waals surface area contributed by atoms with Crippen LogP contribution in [0.4, 0.5) is 5.69 Å². The van der Waals surface area contributed by atoms with Gasteiger partial charge in [-0.3, -0.25) is 10.1 Å². The number of benzene rings is 4. The van der Waals surface area contributed by atoms with Gasteiger partial charge < -0.3 is 23.7 Å². The van der Waals surface area contributed by atoms with Gasteiger partial charge >= 0.3 is 17.9 Å². The zero-order valence-corrected chi connectivity index (χ0v) is 24.3. The van der Waals surface area contributed by atoms with Crippen molar-refractivity contribution in [1.82, 2.24) is 0 Å². The average molecular weight is 632 g/mol. The fourth-order valence-corrected chi connectivity index (χ4v) is 4.76. The summed E-state index contributed by atoms with van der Waals surface area (Å²) >= 11 is 6.30. The van der Waals surface area contributed by atoms with Gasteiger partial charge in [-0.1, -0.05) is 66.2 Å². The Morgan fingerprint density at radius 2 is 1.31 bits per heavy atom.